The van der Waals surface area contributed by atoms with Crippen molar-refractivity contribution in [2.45, 2.75) is 13.8 Å². The Bertz CT molecular complexity index is 913. The summed E-state index contributed by atoms with van der Waals surface area (Å²) >= 11 is 0. The van der Waals surface area contributed by atoms with Crippen molar-refractivity contribution in [2.75, 3.05) is 0 Å². The SMILES string of the molecule is Cc1ccc(C)c(C=C2N=C(c3cccc([N+](=O)[O-])c3)OC2=O)c1. The van der Waals surface area contributed by atoms with E-state index in [4.69, 9.17) is 4.74 Å². The van der Waals surface area contributed by atoms with Gasteiger partial charge in [-0.05, 0) is 37.1 Å². The highest BCUT2D eigenvalue weighted by Crippen LogP contribution is 2.23. The summed E-state index contributed by atoms with van der Waals surface area (Å²) < 4.78 is 5.16. The third kappa shape index (κ3) is 3.08. The molecule has 0 unspecified atom stereocenters. The Morgan fingerprint density at radius 3 is 2.71 bits per heavy atom. The molecule has 6 nitrogen and oxygen atoms in total. The summed E-state index contributed by atoms with van der Waals surface area (Å²) in [5.74, 6) is -0.502. The van der Waals surface area contributed by atoms with E-state index in [1.165, 1.54) is 18.2 Å². The van der Waals surface area contributed by atoms with Gasteiger partial charge in [0, 0.05) is 17.7 Å². The van der Waals surface area contributed by atoms with Crippen LogP contribution in [0.3, 0.4) is 0 Å². The number of carbonyl (C=O) groups excluding carboxylic acids is 1. The monoisotopic (exact) mass is 322 g/mol. The molecule has 0 aromatic heterocycles. The van der Waals surface area contributed by atoms with E-state index in [0.717, 1.165) is 16.7 Å². The number of ether oxygens (including phenoxy) is 1. The summed E-state index contributed by atoms with van der Waals surface area (Å²) in [5.41, 5.74) is 3.44. The number of non-ortho nitro benzene ring substituents is 1. The molecule has 0 aliphatic carbocycles. The molecular weight excluding hydrogens is 308 g/mol. The number of benzene rings is 2. The summed E-state index contributed by atoms with van der Waals surface area (Å²) in [7, 11) is 0. The second-order valence-electron chi connectivity index (χ2n) is 5.50. The molecule has 6 heteroatoms. The molecule has 3 rings (SSSR count). The van der Waals surface area contributed by atoms with Crippen molar-refractivity contribution in [3.8, 4) is 0 Å². The van der Waals surface area contributed by atoms with Crippen LogP contribution in [0.25, 0.3) is 6.08 Å². The van der Waals surface area contributed by atoms with E-state index in [9.17, 15) is 14.9 Å². The molecule has 0 radical (unpaired) electrons. The standard InChI is InChI=1S/C18H14N2O4/c1-11-6-7-12(2)14(8-11)10-16-18(21)24-17(19-16)13-4-3-5-15(9-13)20(22)23/h3-10H,1-2H3. The van der Waals surface area contributed by atoms with Gasteiger partial charge >= 0.3 is 5.97 Å². The summed E-state index contributed by atoms with van der Waals surface area (Å²) in [6.45, 7) is 3.91. The summed E-state index contributed by atoms with van der Waals surface area (Å²) in [4.78, 5) is 26.6. The fraction of sp³-hybridized carbons (Fsp3) is 0.111. The molecule has 1 heterocycles. The van der Waals surface area contributed by atoms with Crippen molar-refractivity contribution >= 4 is 23.6 Å². The lowest BCUT2D eigenvalue weighted by Gasteiger charge is -2.01. The average molecular weight is 322 g/mol. The van der Waals surface area contributed by atoms with Crippen molar-refractivity contribution in [3.05, 3.63) is 80.5 Å². The minimum Gasteiger partial charge on any atom is -0.402 e. The molecular formula is C18H14N2O4. The summed E-state index contributed by atoms with van der Waals surface area (Å²) in [6.07, 6.45) is 1.66. The highest BCUT2D eigenvalue weighted by Gasteiger charge is 2.25. The van der Waals surface area contributed by atoms with Crippen LogP contribution in [0.5, 0.6) is 0 Å². The van der Waals surface area contributed by atoms with Gasteiger partial charge in [-0.1, -0.05) is 29.8 Å². The molecule has 120 valence electrons. The summed E-state index contributed by atoms with van der Waals surface area (Å²) in [5, 5.41) is 10.9. The molecule has 2 aromatic carbocycles. The Morgan fingerprint density at radius 2 is 1.96 bits per heavy atom. The van der Waals surface area contributed by atoms with Crippen LogP contribution >= 0.6 is 0 Å². The smallest absolute Gasteiger partial charge is 0.363 e. The number of rotatable bonds is 3. The van der Waals surface area contributed by atoms with Gasteiger partial charge < -0.3 is 4.74 Å². The van der Waals surface area contributed by atoms with Crippen molar-refractivity contribution < 1.29 is 14.5 Å². The predicted molar refractivity (Wildman–Crippen MR) is 89.6 cm³/mol. The lowest BCUT2D eigenvalue weighted by Crippen LogP contribution is -2.05. The van der Waals surface area contributed by atoms with E-state index in [-0.39, 0.29) is 17.3 Å². The number of carbonyl (C=O) groups is 1. The zero-order chi connectivity index (χ0) is 17.3. The lowest BCUT2D eigenvalue weighted by molar-refractivity contribution is -0.384. The normalized spacial score (nSPS) is 15.3. The van der Waals surface area contributed by atoms with Gasteiger partial charge in [-0.2, -0.15) is 0 Å². The fourth-order valence-corrected chi connectivity index (χ4v) is 2.35. The number of hydrogen-bond donors (Lipinski definition) is 0. The first-order valence-electron chi connectivity index (χ1n) is 7.29. The first-order chi connectivity index (χ1) is 11.4. The van der Waals surface area contributed by atoms with Gasteiger partial charge in [-0.25, -0.2) is 9.79 Å². The number of esters is 1. The fourth-order valence-electron chi connectivity index (χ4n) is 2.35. The lowest BCUT2D eigenvalue weighted by atomic mass is 10.0. The van der Waals surface area contributed by atoms with Gasteiger partial charge in [-0.15, -0.1) is 0 Å². The maximum Gasteiger partial charge on any atom is 0.363 e. The molecule has 0 amide bonds. The maximum absolute atomic E-state index is 12.0. The Morgan fingerprint density at radius 1 is 1.17 bits per heavy atom. The third-order valence-corrected chi connectivity index (χ3v) is 3.65. The third-order valence-electron chi connectivity index (χ3n) is 3.65. The zero-order valence-electron chi connectivity index (χ0n) is 13.1. The van der Waals surface area contributed by atoms with Crippen molar-refractivity contribution in [1.82, 2.24) is 0 Å². The van der Waals surface area contributed by atoms with Crippen LogP contribution in [-0.2, 0) is 9.53 Å². The topological polar surface area (TPSA) is 81.8 Å². The van der Waals surface area contributed by atoms with Gasteiger partial charge in [-0.3, -0.25) is 10.1 Å². The summed E-state index contributed by atoms with van der Waals surface area (Å²) in [6, 6.07) is 11.7. The average Bonchev–Trinajstić information content (AvgIpc) is 2.92. The molecule has 0 spiro atoms. The minimum atomic E-state index is -0.572. The molecule has 0 N–H and O–H groups in total. The molecule has 2 aromatic rings. The molecule has 0 saturated heterocycles. The second kappa shape index (κ2) is 6.08. The number of nitro groups is 1. The highest BCUT2D eigenvalue weighted by molar-refractivity contribution is 6.13. The highest BCUT2D eigenvalue weighted by atomic mass is 16.6. The quantitative estimate of drug-likeness (QED) is 0.374. The van der Waals surface area contributed by atoms with E-state index < -0.39 is 10.9 Å². The maximum atomic E-state index is 12.0. The number of cyclic esters (lactones) is 1. The van der Waals surface area contributed by atoms with Crippen molar-refractivity contribution in [3.63, 3.8) is 0 Å². The molecule has 0 saturated carbocycles. The molecule has 24 heavy (non-hydrogen) atoms. The van der Waals surface area contributed by atoms with Crippen LogP contribution in [0.2, 0.25) is 0 Å². The number of hydrogen-bond acceptors (Lipinski definition) is 5. The number of aryl methyl sites for hydroxylation is 2. The Hall–Kier alpha value is -3.28. The van der Waals surface area contributed by atoms with Crippen LogP contribution in [0.15, 0.2) is 53.2 Å². The second-order valence-corrected chi connectivity index (χ2v) is 5.50. The van der Waals surface area contributed by atoms with Crippen LogP contribution in [0.4, 0.5) is 5.69 Å². The molecule has 0 bridgehead atoms. The van der Waals surface area contributed by atoms with Gasteiger partial charge in [0.25, 0.3) is 5.69 Å². The predicted octanol–water partition coefficient (Wildman–Crippen LogP) is 3.56. The minimum absolute atomic E-state index is 0.0697. The number of aliphatic imine (C=N–C) groups is 1. The number of nitrogens with zero attached hydrogens (tertiary/aromatic N) is 2. The Kier molecular flexibility index (Phi) is 3.95. The molecule has 1 aliphatic rings. The van der Waals surface area contributed by atoms with Gasteiger partial charge in [0.1, 0.15) is 0 Å². The van der Waals surface area contributed by atoms with Crippen molar-refractivity contribution in [2.24, 2.45) is 4.99 Å². The first-order valence-corrected chi connectivity index (χ1v) is 7.29. The van der Waals surface area contributed by atoms with E-state index >= 15 is 0 Å². The van der Waals surface area contributed by atoms with Gasteiger partial charge in [0.05, 0.1) is 4.92 Å². The van der Waals surface area contributed by atoms with Crippen LogP contribution in [-0.4, -0.2) is 16.8 Å². The first kappa shape index (κ1) is 15.6. The molecule has 0 fully saturated rings. The Labute approximate surface area is 138 Å². The zero-order valence-corrected chi connectivity index (χ0v) is 13.1. The van der Waals surface area contributed by atoms with E-state index in [1.807, 2.05) is 32.0 Å². The number of nitro benzene ring substituents is 1. The van der Waals surface area contributed by atoms with Crippen LogP contribution in [0.1, 0.15) is 22.3 Å². The van der Waals surface area contributed by atoms with Crippen LogP contribution in [0, 0.1) is 24.0 Å². The van der Waals surface area contributed by atoms with E-state index in [1.54, 1.807) is 12.1 Å². The molecule has 1 aliphatic heterocycles. The molecule has 0 atom stereocenters. The van der Waals surface area contributed by atoms with Crippen LogP contribution < -0.4 is 0 Å². The largest absolute Gasteiger partial charge is 0.402 e. The van der Waals surface area contributed by atoms with Crippen molar-refractivity contribution in [1.29, 1.82) is 0 Å². The van der Waals surface area contributed by atoms with E-state index in [0.29, 0.717) is 5.56 Å². The Balaban J connectivity index is 1.99. The van der Waals surface area contributed by atoms with E-state index in [2.05, 4.69) is 4.99 Å². The van der Waals surface area contributed by atoms with Gasteiger partial charge in [0.2, 0.25) is 5.90 Å². The van der Waals surface area contributed by atoms with Gasteiger partial charge in [0.15, 0.2) is 5.70 Å².